The van der Waals surface area contributed by atoms with Crippen molar-refractivity contribution < 1.29 is 4.79 Å². The molecule has 1 nitrogen and oxygen atoms in total. The van der Waals surface area contributed by atoms with Crippen molar-refractivity contribution in [2.75, 3.05) is 0 Å². The van der Waals surface area contributed by atoms with Gasteiger partial charge in [0.1, 0.15) is 0 Å². The van der Waals surface area contributed by atoms with Crippen LogP contribution < -0.4 is 0 Å². The van der Waals surface area contributed by atoms with Crippen molar-refractivity contribution >= 4 is 16.8 Å². The predicted octanol–water partition coefficient (Wildman–Crippen LogP) is 2.97. The molecule has 0 saturated carbocycles. The van der Waals surface area contributed by atoms with Gasteiger partial charge < -0.3 is 0 Å². The normalized spacial score (nSPS) is 16.4. The van der Waals surface area contributed by atoms with Crippen LogP contribution in [0, 0.1) is 5.41 Å². The van der Waals surface area contributed by atoms with Gasteiger partial charge in [-0.15, -0.1) is 0 Å². The van der Waals surface area contributed by atoms with E-state index < -0.39 is 0 Å². The third-order valence-corrected chi connectivity index (χ3v) is 2.51. The van der Waals surface area contributed by atoms with Crippen molar-refractivity contribution in [3.63, 3.8) is 0 Å². The van der Waals surface area contributed by atoms with E-state index in [1.165, 1.54) is 0 Å². The molecule has 10 heavy (non-hydrogen) atoms. The maximum Gasteiger partial charge on any atom is 0.227 e. The number of carbonyl (C=O) groups is 1. The zero-order chi connectivity index (χ0) is 8.20. The predicted molar refractivity (Wildman–Crippen MR) is 44.2 cm³/mol. The van der Waals surface area contributed by atoms with E-state index in [0.717, 1.165) is 19.3 Å². The molecular weight excluding hydrogens is 148 g/mol. The first kappa shape index (κ1) is 9.96. The van der Waals surface area contributed by atoms with Crippen molar-refractivity contribution in [1.29, 1.82) is 0 Å². The van der Waals surface area contributed by atoms with Gasteiger partial charge in [0.15, 0.2) is 0 Å². The molecule has 0 aliphatic carbocycles. The average molecular weight is 163 g/mol. The monoisotopic (exact) mass is 162 g/mol. The number of hydrogen-bond acceptors (Lipinski definition) is 1. The Bertz CT molecular complexity index is 122. The van der Waals surface area contributed by atoms with Crippen molar-refractivity contribution in [2.24, 2.45) is 5.41 Å². The molecule has 0 fully saturated rings. The molecule has 60 valence electrons. The van der Waals surface area contributed by atoms with Gasteiger partial charge in [-0.3, -0.25) is 4.79 Å². The molecule has 0 heterocycles. The van der Waals surface area contributed by atoms with Gasteiger partial charge in [-0.05, 0) is 24.4 Å². The van der Waals surface area contributed by atoms with Gasteiger partial charge in [-0.25, -0.2) is 0 Å². The summed E-state index contributed by atoms with van der Waals surface area (Å²) >= 11 is 5.42. The van der Waals surface area contributed by atoms with Crippen LogP contribution in [0.25, 0.3) is 0 Å². The number of hydrogen-bond donors (Lipinski definition) is 0. The largest absolute Gasteiger partial charge is 0.281 e. The molecule has 0 aliphatic rings. The molecular formula is C8H15ClO. The standard InChI is InChI=1S/C8H15ClO/c1-4-6-8(3,5-2)7(9)10/h4-6H2,1-3H3. The lowest BCUT2D eigenvalue weighted by molar-refractivity contribution is -0.120. The second-order valence-electron chi connectivity index (χ2n) is 2.94. The molecule has 0 aromatic heterocycles. The molecule has 0 N–H and O–H groups in total. The Hall–Kier alpha value is -0.0400. The Morgan fingerprint density at radius 2 is 2.00 bits per heavy atom. The van der Waals surface area contributed by atoms with E-state index >= 15 is 0 Å². The van der Waals surface area contributed by atoms with Crippen molar-refractivity contribution in [3.05, 3.63) is 0 Å². The molecule has 0 aromatic rings. The summed E-state index contributed by atoms with van der Waals surface area (Å²) in [5.74, 6) is 0. The quantitative estimate of drug-likeness (QED) is 0.581. The molecule has 1 atom stereocenters. The van der Waals surface area contributed by atoms with Gasteiger partial charge in [-0.1, -0.05) is 27.2 Å². The summed E-state index contributed by atoms with van der Waals surface area (Å²) in [6.45, 7) is 5.98. The second-order valence-corrected chi connectivity index (χ2v) is 3.28. The van der Waals surface area contributed by atoms with Crippen LogP contribution in [0.2, 0.25) is 0 Å². The lowest BCUT2D eigenvalue weighted by Crippen LogP contribution is -2.22. The Morgan fingerprint density at radius 3 is 2.10 bits per heavy atom. The van der Waals surface area contributed by atoms with Crippen molar-refractivity contribution in [1.82, 2.24) is 0 Å². The zero-order valence-corrected chi connectivity index (χ0v) is 7.66. The summed E-state index contributed by atoms with van der Waals surface area (Å²) in [4.78, 5) is 10.9. The van der Waals surface area contributed by atoms with Crippen LogP contribution in [0.5, 0.6) is 0 Å². The van der Waals surface area contributed by atoms with Crippen molar-refractivity contribution in [3.8, 4) is 0 Å². The molecule has 0 radical (unpaired) electrons. The summed E-state index contributed by atoms with van der Waals surface area (Å²) in [5, 5.41) is -0.197. The third kappa shape index (κ3) is 2.30. The highest BCUT2D eigenvalue weighted by atomic mass is 35.5. The Morgan fingerprint density at radius 1 is 1.50 bits per heavy atom. The fraction of sp³-hybridized carbons (Fsp3) is 0.875. The zero-order valence-electron chi connectivity index (χ0n) is 6.91. The fourth-order valence-electron chi connectivity index (χ4n) is 0.966. The molecule has 0 amide bonds. The Balaban J connectivity index is 4.08. The third-order valence-electron chi connectivity index (χ3n) is 2.06. The molecule has 0 saturated heterocycles. The number of rotatable bonds is 4. The molecule has 0 spiro atoms. The van der Waals surface area contributed by atoms with E-state index in [4.69, 9.17) is 11.6 Å². The SMILES string of the molecule is CCCC(C)(CC)C(=O)Cl. The van der Waals surface area contributed by atoms with E-state index in [2.05, 4.69) is 6.92 Å². The van der Waals surface area contributed by atoms with Crippen LogP contribution in [-0.4, -0.2) is 5.24 Å². The van der Waals surface area contributed by atoms with E-state index in [-0.39, 0.29) is 10.7 Å². The Kier molecular flexibility index (Phi) is 3.95. The lowest BCUT2D eigenvalue weighted by Gasteiger charge is -2.21. The fourth-order valence-corrected chi connectivity index (χ4v) is 1.19. The minimum atomic E-state index is -0.281. The smallest absolute Gasteiger partial charge is 0.227 e. The van der Waals surface area contributed by atoms with Crippen LogP contribution in [0.3, 0.4) is 0 Å². The van der Waals surface area contributed by atoms with Crippen molar-refractivity contribution in [2.45, 2.75) is 40.0 Å². The second kappa shape index (κ2) is 3.97. The Labute approximate surface area is 67.8 Å². The topological polar surface area (TPSA) is 17.1 Å². The van der Waals surface area contributed by atoms with Crippen LogP contribution in [0.1, 0.15) is 40.0 Å². The van der Waals surface area contributed by atoms with E-state index in [1.807, 2.05) is 13.8 Å². The van der Waals surface area contributed by atoms with Gasteiger partial charge in [0, 0.05) is 5.41 Å². The van der Waals surface area contributed by atoms with E-state index in [1.54, 1.807) is 0 Å². The number of carbonyl (C=O) groups excluding carboxylic acids is 1. The summed E-state index contributed by atoms with van der Waals surface area (Å²) in [5.41, 5.74) is -0.281. The van der Waals surface area contributed by atoms with E-state index in [0.29, 0.717) is 0 Å². The first-order valence-corrected chi connectivity index (χ1v) is 4.14. The number of halogens is 1. The minimum absolute atomic E-state index is 0.197. The summed E-state index contributed by atoms with van der Waals surface area (Å²) in [6, 6.07) is 0. The maximum absolute atomic E-state index is 10.9. The van der Waals surface area contributed by atoms with Gasteiger partial charge in [-0.2, -0.15) is 0 Å². The first-order chi connectivity index (χ1) is 4.56. The van der Waals surface area contributed by atoms with Crippen LogP contribution >= 0.6 is 11.6 Å². The molecule has 2 heteroatoms. The first-order valence-electron chi connectivity index (χ1n) is 3.76. The summed E-state index contributed by atoms with van der Waals surface area (Å²) in [6.07, 6.45) is 2.75. The maximum atomic E-state index is 10.9. The summed E-state index contributed by atoms with van der Waals surface area (Å²) in [7, 11) is 0. The van der Waals surface area contributed by atoms with Gasteiger partial charge in [0.25, 0.3) is 0 Å². The van der Waals surface area contributed by atoms with Gasteiger partial charge in [0.2, 0.25) is 5.24 Å². The minimum Gasteiger partial charge on any atom is -0.281 e. The highest BCUT2D eigenvalue weighted by molar-refractivity contribution is 6.64. The van der Waals surface area contributed by atoms with E-state index in [9.17, 15) is 4.79 Å². The van der Waals surface area contributed by atoms with Crippen LogP contribution in [-0.2, 0) is 4.79 Å². The molecule has 0 aromatic carbocycles. The average Bonchev–Trinajstić information content (AvgIpc) is 1.88. The lowest BCUT2D eigenvalue weighted by atomic mass is 9.84. The molecule has 0 bridgehead atoms. The highest BCUT2D eigenvalue weighted by Gasteiger charge is 2.27. The molecule has 1 unspecified atom stereocenters. The molecule has 0 rings (SSSR count). The molecule has 0 aliphatic heterocycles. The van der Waals surface area contributed by atoms with Gasteiger partial charge >= 0.3 is 0 Å². The van der Waals surface area contributed by atoms with Crippen LogP contribution in [0.4, 0.5) is 0 Å². The van der Waals surface area contributed by atoms with Crippen LogP contribution in [0.15, 0.2) is 0 Å². The summed E-state index contributed by atoms with van der Waals surface area (Å²) < 4.78 is 0. The van der Waals surface area contributed by atoms with Gasteiger partial charge in [0.05, 0.1) is 0 Å². The highest BCUT2D eigenvalue weighted by Crippen LogP contribution is 2.29.